The summed E-state index contributed by atoms with van der Waals surface area (Å²) in [5.74, 6) is 0.866. The van der Waals surface area contributed by atoms with Crippen molar-refractivity contribution in [2.45, 2.75) is 51.2 Å². The Hall–Kier alpha value is -3.10. The van der Waals surface area contributed by atoms with Gasteiger partial charge in [0.05, 0.1) is 19.1 Å². The molecule has 33 heavy (non-hydrogen) atoms. The summed E-state index contributed by atoms with van der Waals surface area (Å²) in [6, 6.07) is 4.55. The summed E-state index contributed by atoms with van der Waals surface area (Å²) in [5.41, 5.74) is -0.237. The molecule has 4 rings (SSSR count). The zero-order chi connectivity index (χ0) is 23.8. The monoisotopic (exact) mass is 457 g/mol. The van der Waals surface area contributed by atoms with Crippen molar-refractivity contribution >= 4 is 23.5 Å². The number of methoxy groups -OCH3 is 1. The molecule has 2 unspecified atom stereocenters. The molecule has 1 spiro atoms. The highest BCUT2D eigenvalue weighted by Crippen LogP contribution is 2.41. The second-order valence-electron chi connectivity index (χ2n) is 9.09. The molecule has 0 radical (unpaired) electrons. The van der Waals surface area contributed by atoms with E-state index < -0.39 is 11.6 Å². The molecule has 1 aromatic carbocycles. The van der Waals surface area contributed by atoms with E-state index in [1.54, 1.807) is 46.9 Å². The molecule has 0 bridgehead atoms. The zero-order valence-corrected chi connectivity index (χ0v) is 19.5. The summed E-state index contributed by atoms with van der Waals surface area (Å²) in [5, 5.41) is 0. The first kappa shape index (κ1) is 23.1. The van der Waals surface area contributed by atoms with Gasteiger partial charge in [-0.1, -0.05) is 0 Å². The van der Waals surface area contributed by atoms with Crippen molar-refractivity contribution < 1.29 is 28.7 Å². The summed E-state index contributed by atoms with van der Waals surface area (Å²) < 4.78 is 11.6. The van der Waals surface area contributed by atoms with Gasteiger partial charge in [0.25, 0.3) is 0 Å². The van der Waals surface area contributed by atoms with Gasteiger partial charge in [-0.05, 0) is 25.5 Å². The standard InChI is InChI=1S/C24H31N3O6/c1-16(23(31)26-12-10-25(11-13-26)17(2)28)27-9-8-24(7-6-22(27)30)15-20(29)19-5-4-18(32-3)14-21(19)33-24/h4-5,14,16H,6-13,15H2,1-3H3. The molecule has 1 aromatic rings. The van der Waals surface area contributed by atoms with E-state index in [0.717, 1.165) is 0 Å². The third-order valence-electron chi connectivity index (χ3n) is 7.08. The van der Waals surface area contributed by atoms with Crippen LogP contribution in [-0.2, 0) is 14.4 Å². The molecule has 3 aliphatic heterocycles. The molecule has 178 valence electrons. The van der Waals surface area contributed by atoms with Gasteiger partial charge in [-0.25, -0.2) is 0 Å². The first-order valence-corrected chi connectivity index (χ1v) is 11.5. The molecular formula is C24H31N3O6. The lowest BCUT2D eigenvalue weighted by molar-refractivity contribution is -0.147. The number of amides is 3. The second-order valence-corrected chi connectivity index (χ2v) is 9.09. The van der Waals surface area contributed by atoms with Crippen LogP contribution in [0.3, 0.4) is 0 Å². The highest BCUT2D eigenvalue weighted by Gasteiger charge is 2.44. The quantitative estimate of drug-likeness (QED) is 0.682. The fraction of sp³-hybridized carbons (Fsp3) is 0.583. The number of carbonyl (C=O) groups is 4. The lowest BCUT2D eigenvalue weighted by Crippen LogP contribution is -2.55. The fourth-order valence-electron chi connectivity index (χ4n) is 4.98. The molecule has 9 nitrogen and oxygen atoms in total. The Balaban J connectivity index is 1.45. The van der Waals surface area contributed by atoms with E-state index >= 15 is 0 Å². The number of piperazine rings is 1. The molecule has 3 amide bonds. The van der Waals surface area contributed by atoms with Crippen LogP contribution in [0.4, 0.5) is 0 Å². The average Bonchev–Trinajstić information content (AvgIpc) is 2.96. The van der Waals surface area contributed by atoms with E-state index in [0.29, 0.717) is 62.6 Å². The zero-order valence-electron chi connectivity index (χ0n) is 19.5. The van der Waals surface area contributed by atoms with Crippen LogP contribution in [0.25, 0.3) is 0 Å². The number of Topliss-reactive ketones (excluding diaryl/α,β-unsaturated/α-hetero) is 1. The van der Waals surface area contributed by atoms with Crippen LogP contribution in [0.15, 0.2) is 18.2 Å². The molecule has 2 fully saturated rings. The molecule has 2 atom stereocenters. The van der Waals surface area contributed by atoms with Crippen LogP contribution < -0.4 is 9.47 Å². The summed E-state index contributed by atoms with van der Waals surface area (Å²) in [6.45, 7) is 5.55. The largest absolute Gasteiger partial charge is 0.497 e. The van der Waals surface area contributed by atoms with Crippen LogP contribution in [-0.4, -0.2) is 89.7 Å². The molecule has 2 saturated heterocycles. The average molecular weight is 458 g/mol. The summed E-state index contributed by atoms with van der Waals surface area (Å²) >= 11 is 0. The van der Waals surface area contributed by atoms with E-state index in [-0.39, 0.29) is 36.3 Å². The van der Waals surface area contributed by atoms with Gasteiger partial charge in [-0.2, -0.15) is 0 Å². The Kier molecular flexibility index (Phi) is 6.32. The number of rotatable bonds is 3. The number of nitrogens with zero attached hydrogens (tertiary/aromatic N) is 3. The van der Waals surface area contributed by atoms with E-state index in [2.05, 4.69) is 0 Å². The van der Waals surface area contributed by atoms with Crippen LogP contribution in [0, 0.1) is 0 Å². The minimum Gasteiger partial charge on any atom is -0.497 e. The topological polar surface area (TPSA) is 96.5 Å². The first-order valence-electron chi connectivity index (χ1n) is 11.5. The van der Waals surface area contributed by atoms with E-state index in [1.165, 1.54) is 6.92 Å². The van der Waals surface area contributed by atoms with Gasteiger partial charge in [-0.15, -0.1) is 0 Å². The van der Waals surface area contributed by atoms with E-state index in [9.17, 15) is 19.2 Å². The van der Waals surface area contributed by atoms with Gasteiger partial charge in [-0.3, -0.25) is 19.2 Å². The summed E-state index contributed by atoms with van der Waals surface area (Å²) in [6.07, 6.45) is 1.31. The molecule has 0 N–H and O–H groups in total. The highest BCUT2D eigenvalue weighted by atomic mass is 16.5. The molecule has 0 aliphatic carbocycles. The SMILES string of the molecule is COc1ccc2c(c1)OC1(CCC(=O)N(C(C)C(=O)N3CCN(C(C)=O)CC3)CC1)CC2=O. The van der Waals surface area contributed by atoms with Crippen LogP contribution in [0.1, 0.15) is 49.9 Å². The van der Waals surface area contributed by atoms with Crippen molar-refractivity contribution in [1.82, 2.24) is 14.7 Å². The van der Waals surface area contributed by atoms with Crippen LogP contribution >= 0.6 is 0 Å². The lowest BCUT2D eigenvalue weighted by Gasteiger charge is -2.39. The third-order valence-corrected chi connectivity index (χ3v) is 7.08. The van der Waals surface area contributed by atoms with Gasteiger partial charge in [0.15, 0.2) is 5.78 Å². The van der Waals surface area contributed by atoms with Gasteiger partial charge in [0.1, 0.15) is 23.1 Å². The normalized spacial score (nSPS) is 24.2. The molecule has 3 aliphatic rings. The summed E-state index contributed by atoms with van der Waals surface area (Å²) in [7, 11) is 1.56. The van der Waals surface area contributed by atoms with Crippen molar-refractivity contribution in [2.75, 3.05) is 39.8 Å². The minimum absolute atomic E-state index is 0.00404. The highest BCUT2D eigenvalue weighted by molar-refractivity contribution is 6.00. The molecular weight excluding hydrogens is 426 g/mol. The van der Waals surface area contributed by atoms with Gasteiger partial charge >= 0.3 is 0 Å². The number of ketones is 1. The number of hydrogen-bond acceptors (Lipinski definition) is 6. The first-order chi connectivity index (χ1) is 15.7. The predicted molar refractivity (Wildman–Crippen MR) is 119 cm³/mol. The van der Waals surface area contributed by atoms with Crippen molar-refractivity contribution in [3.8, 4) is 11.5 Å². The predicted octanol–water partition coefficient (Wildman–Crippen LogP) is 1.49. The molecule has 9 heteroatoms. The van der Waals surface area contributed by atoms with E-state index in [1.807, 2.05) is 0 Å². The van der Waals surface area contributed by atoms with Crippen molar-refractivity contribution in [3.05, 3.63) is 23.8 Å². The Morgan fingerprint density at radius 3 is 2.42 bits per heavy atom. The second kappa shape index (κ2) is 9.03. The maximum atomic E-state index is 13.1. The lowest BCUT2D eigenvalue weighted by atomic mass is 9.84. The number of ether oxygens (including phenoxy) is 2. The smallest absolute Gasteiger partial charge is 0.245 e. The minimum atomic E-state index is -0.767. The Morgan fingerprint density at radius 1 is 1.06 bits per heavy atom. The maximum Gasteiger partial charge on any atom is 0.245 e. The number of fused-ring (bicyclic) bond motifs is 1. The number of benzene rings is 1. The number of likely N-dealkylation sites (tertiary alicyclic amines) is 1. The summed E-state index contributed by atoms with van der Waals surface area (Å²) in [4.78, 5) is 55.6. The van der Waals surface area contributed by atoms with E-state index in [4.69, 9.17) is 9.47 Å². The Bertz CT molecular complexity index is 971. The van der Waals surface area contributed by atoms with Crippen molar-refractivity contribution in [2.24, 2.45) is 0 Å². The fourth-order valence-corrected chi connectivity index (χ4v) is 4.98. The molecule has 3 heterocycles. The Labute approximate surface area is 193 Å². The molecule has 0 saturated carbocycles. The number of carbonyl (C=O) groups excluding carboxylic acids is 4. The van der Waals surface area contributed by atoms with Crippen molar-refractivity contribution in [3.63, 3.8) is 0 Å². The third kappa shape index (κ3) is 4.54. The van der Waals surface area contributed by atoms with Crippen LogP contribution in [0.5, 0.6) is 11.5 Å². The van der Waals surface area contributed by atoms with Crippen molar-refractivity contribution in [1.29, 1.82) is 0 Å². The van der Waals surface area contributed by atoms with Gasteiger partial charge in [0.2, 0.25) is 17.7 Å². The molecule has 0 aromatic heterocycles. The maximum absolute atomic E-state index is 13.1. The van der Waals surface area contributed by atoms with Crippen LogP contribution in [0.2, 0.25) is 0 Å². The number of hydrogen-bond donors (Lipinski definition) is 0. The van der Waals surface area contributed by atoms with Gasteiger partial charge in [0, 0.05) is 58.6 Å². The van der Waals surface area contributed by atoms with Gasteiger partial charge < -0.3 is 24.2 Å². The Morgan fingerprint density at radius 2 is 1.76 bits per heavy atom.